The first-order chi connectivity index (χ1) is 6.09. The lowest BCUT2D eigenvalue weighted by Gasteiger charge is -1.98. The lowest BCUT2D eigenvalue weighted by atomic mass is 10.2. The highest BCUT2D eigenvalue weighted by atomic mass is 15.3. The molecule has 2 rings (SSSR count). The number of aromatic nitrogens is 4. The number of nitrogens with zero attached hydrogens (tertiary/aromatic N) is 4. The van der Waals surface area contributed by atoms with Gasteiger partial charge >= 0.3 is 0 Å². The molecule has 2 heterocycles. The fraction of sp³-hybridized carbons (Fsp3) is 0.444. The maximum absolute atomic E-state index is 4.35. The third-order valence-corrected chi connectivity index (χ3v) is 2.15. The lowest BCUT2D eigenvalue weighted by molar-refractivity contribution is 0.771. The molecule has 0 aliphatic carbocycles. The topological polar surface area (TPSA) is 43.6 Å². The van der Waals surface area contributed by atoms with Crippen molar-refractivity contribution >= 4 is 11.0 Å². The molecule has 0 spiro atoms. The van der Waals surface area contributed by atoms with Crippen molar-refractivity contribution in [2.75, 3.05) is 0 Å². The second kappa shape index (κ2) is 2.52. The van der Waals surface area contributed by atoms with Gasteiger partial charge in [0.15, 0.2) is 5.65 Å². The van der Waals surface area contributed by atoms with E-state index in [9.17, 15) is 0 Å². The molecule has 2 aromatic rings. The molecular weight excluding hydrogens is 164 g/mol. The van der Waals surface area contributed by atoms with Gasteiger partial charge < -0.3 is 0 Å². The summed E-state index contributed by atoms with van der Waals surface area (Å²) in [5, 5.41) is 5.38. The first-order valence-corrected chi connectivity index (χ1v) is 4.24. The molecule has 0 N–H and O–H groups in total. The number of fused-ring (bicyclic) bond motifs is 1. The second-order valence-corrected chi connectivity index (χ2v) is 3.26. The van der Waals surface area contributed by atoms with E-state index in [0.717, 1.165) is 28.2 Å². The van der Waals surface area contributed by atoms with Crippen molar-refractivity contribution in [1.29, 1.82) is 0 Å². The molecule has 0 unspecified atom stereocenters. The third kappa shape index (κ3) is 1.09. The van der Waals surface area contributed by atoms with Crippen molar-refractivity contribution in [2.24, 2.45) is 7.05 Å². The van der Waals surface area contributed by atoms with Crippen LogP contribution in [-0.2, 0) is 7.05 Å². The van der Waals surface area contributed by atoms with Gasteiger partial charge in [0, 0.05) is 7.05 Å². The van der Waals surface area contributed by atoms with E-state index in [2.05, 4.69) is 15.1 Å². The normalized spacial score (nSPS) is 11.1. The van der Waals surface area contributed by atoms with Crippen LogP contribution in [0, 0.1) is 20.8 Å². The van der Waals surface area contributed by atoms with Gasteiger partial charge in [-0.15, -0.1) is 0 Å². The molecular formula is C9H12N4. The summed E-state index contributed by atoms with van der Waals surface area (Å²) < 4.78 is 1.80. The summed E-state index contributed by atoms with van der Waals surface area (Å²) in [4.78, 5) is 8.66. The highest BCUT2D eigenvalue weighted by Crippen LogP contribution is 2.17. The lowest BCUT2D eigenvalue weighted by Crippen LogP contribution is -1.96. The van der Waals surface area contributed by atoms with Gasteiger partial charge in [0.05, 0.1) is 16.8 Å². The number of hydrogen-bond donors (Lipinski definition) is 0. The van der Waals surface area contributed by atoms with Crippen molar-refractivity contribution < 1.29 is 0 Å². The molecule has 0 saturated carbocycles. The molecule has 0 amide bonds. The summed E-state index contributed by atoms with van der Waals surface area (Å²) >= 11 is 0. The van der Waals surface area contributed by atoms with Crippen LogP contribution in [0.5, 0.6) is 0 Å². The van der Waals surface area contributed by atoms with Crippen molar-refractivity contribution in [3.63, 3.8) is 0 Å². The summed E-state index contributed by atoms with van der Waals surface area (Å²) in [6.45, 7) is 5.87. The molecule has 4 heteroatoms. The Morgan fingerprint density at radius 1 is 1.00 bits per heavy atom. The van der Waals surface area contributed by atoms with Gasteiger partial charge in [-0.25, -0.2) is 9.97 Å². The summed E-state index contributed by atoms with van der Waals surface area (Å²) in [6, 6.07) is 0. The molecule has 0 fully saturated rings. The Hall–Kier alpha value is -1.45. The van der Waals surface area contributed by atoms with Gasteiger partial charge in [0.2, 0.25) is 0 Å². The average Bonchev–Trinajstić information content (AvgIpc) is 2.27. The zero-order valence-corrected chi connectivity index (χ0v) is 8.29. The summed E-state index contributed by atoms with van der Waals surface area (Å²) in [6.07, 6.45) is 0. The smallest absolute Gasteiger partial charge is 0.161 e. The maximum atomic E-state index is 4.35. The SMILES string of the molecule is Cc1nc(C)c2c(C)nn(C)c2n1. The van der Waals surface area contributed by atoms with Crippen LogP contribution >= 0.6 is 0 Å². The standard InChI is InChI=1S/C9H12N4/c1-5-8-6(2)12-13(4)9(8)11-7(3)10-5/h1-4H3. The minimum atomic E-state index is 0.799. The fourth-order valence-corrected chi connectivity index (χ4v) is 1.67. The molecule has 0 aliphatic heterocycles. The molecule has 0 radical (unpaired) electrons. The van der Waals surface area contributed by atoms with E-state index in [1.54, 1.807) is 4.68 Å². The van der Waals surface area contributed by atoms with Crippen molar-refractivity contribution in [1.82, 2.24) is 19.7 Å². The van der Waals surface area contributed by atoms with Crippen LogP contribution in [0.1, 0.15) is 17.2 Å². The van der Waals surface area contributed by atoms with E-state index in [0.29, 0.717) is 0 Å². The van der Waals surface area contributed by atoms with Crippen LogP contribution < -0.4 is 0 Å². The largest absolute Gasteiger partial charge is 0.250 e. The highest BCUT2D eigenvalue weighted by molar-refractivity contribution is 5.80. The molecule has 0 saturated heterocycles. The summed E-state index contributed by atoms with van der Waals surface area (Å²) in [5.74, 6) is 0.799. The number of aryl methyl sites for hydroxylation is 4. The van der Waals surface area contributed by atoms with Gasteiger partial charge in [0.25, 0.3) is 0 Å². The summed E-state index contributed by atoms with van der Waals surface area (Å²) in [7, 11) is 1.90. The van der Waals surface area contributed by atoms with E-state index >= 15 is 0 Å². The van der Waals surface area contributed by atoms with Crippen LogP contribution in [0.2, 0.25) is 0 Å². The predicted octanol–water partition coefficient (Wildman–Crippen LogP) is 1.29. The Morgan fingerprint density at radius 2 is 1.69 bits per heavy atom. The molecule has 13 heavy (non-hydrogen) atoms. The van der Waals surface area contributed by atoms with Crippen molar-refractivity contribution in [3.05, 3.63) is 17.2 Å². The molecule has 68 valence electrons. The Kier molecular flexibility index (Phi) is 1.58. The van der Waals surface area contributed by atoms with Gasteiger partial charge in [0.1, 0.15) is 5.82 Å². The average molecular weight is 176 g/mol. The second-order valence-electron chi connectivity index (χ2n) is 3.26. The Morgan fingerprint density at radius 3 is 2.38 bits per heavy atom. The molecule has 2 aromatic heterocycles. The predicted molar refractivity (Wildman–Crippen MR) is 50.5 cm³/mol. The van der Waals surface area contributed by atoms with Crippen LogP contribution in [0.3, 0.4) is 0 Å². The monoisotopic (exact) mass is 176 g/mol. The Labute approximate surface area is 76.6 Å². The van der Waals surface area contributed by atoms with E-state index in [-0.39, 0.29) is 0 Å². The maximum Gasteiger partial charge on any atom is 0.161 e. The molecule has 4 nitrogen and oxygen atoms in total. The summed E-state index contributed by atoms with van der Waals surface area (Å²) in [5.41, 5.74) is 2.92. The first kappa shape index (κ1) is 8.16. The van der Waals surface area contributed by atoms with Crippen LogP contribution in [0.25, 0.3) is 11.0 Å². The zero-order chi connectivity index (χ0) is 9.59. The zero-order valence-electron chi connectivity index (χ0n) is 8.29. The highest BCUT2D eigenvalue weighted by Gasteiger charge is 2.09. The van der Waals surface area contributed by atoms with Gasteiger partial charge in [-0.3, -0.25) is 4.68 Å². The van der Waals surface area contributed by atoms with Crippen molar-refractivity contribution in [3.8, 4) is 0 Å². The van der Waals surface area contributed by atoms with Gasteiger partial charge in [-0.1, -0.05) is 0 Å². The number of rotatable bonds is 0. The first-order valence-electron chi connectivity index (χ1n) is 4.24. The van der Waals surface area contributed by atoms with Crippen LogP contribution in [0.4, 0.5) is 0 Å². The van der Waals surface area contributed by atoms with Gasteiger partial charge in [-0.05, 0) is 20.8 Å². The molecule has 0 atom stereocenters. The Balaban J connectivity index is 2.97. The Bertz CT molecular complexity index is 470. The fourth-order valence-electron chi connectivity index (χ4n) is 1.67. The minimum absolute atomic E-state index is 0.799. The van der Waals surface area contributed by atoms with Crippen LogP contribution in [-0.4, -0.2) is 19.7 Å². The van der Waals surface area contributed by atoms with E-state index in [4.69, 9.17) is 0 Å². The quantitative estimate of drug-likeness (QED) is 0.607. The van der Waals surface area contributed by atoms with E-state index in [1.165, 1.54) is 0 Å². The molecule has 0 aromatic carbocycles. The minimum Gasteiger partial charge on any atom is -0.250 e. The molecule has 0 bridgehead atoms. The van der Waals surface area contributed by atoms with Crippen LogP contribution in [0.15, 0.2) is 0 Å². The van der Waals surface area contributed by atoms with E-state index < -0.39 is 0 Å². The number of hydrogen-bond acceptors (Lipinski definition) is 3. The third-order valence-electron chi connectivity index (χ3n) is 2.15. The van der Waals surface area contributed by atoms with Crippen molar-refractivity contribution in [2.45, 2.75) is 20.8 Å². The molecule has 0 aliphatic rings. The van der Waals surface area contributed by atoms with Gasteiger partial charge in [-0.2, -0.15) is 5.10 Å². The van der Waals surface area contributed by atoms with E-state index in [1.807, 2.05) is 27.8 Å².